The van der Waals surface area contributed by atoms with Crippen LogP contribution in [-0.4, -0.2) is 34.9 Å². The zero-order valence-corrected chi connectivity index (χ0v) is 11.9. The summed E-state index contributed by atoms with van der Waals surface area (Å²) in [5, 5.41) is 3.30. The Morgan fingerprint density at radius 3 is 0.913 bits per heavy atom. The average molecular weight is 374 g/mol. The maximum absolute atomic E-state index is 9.75. The van der Waals surface area contributed by atoms with Gasteiger partial charge in [0.05, 0.1) is 0 Å². The lowest BCUT2D eigenvalue weighted by Gasteiger charge is -2.20. The van der Waals surface area contributed by atoms with Gasteiger partial charge in [-0.25, -0.2) is 0 Å². The normalized spacial score (nSPS) is 16.0. The smallest absolute Gasteiger partial charge is 0.418 e. The van der Waals surface area contributed by atoms with Crippen molar-refractivity contribution in [3.63, 3.8) is 0 Å². The fourth-order valence-corrected chi connectivity index (χ4v) is 1.39. The molecule has 0 radical (unpaired) electrons. The van der Waals surface area contributed by atoms with Crippen molar-refractivity contribution in [3.8, 4) is 0 Å². The molecule has 0 aromatic carbocycles. The molecule has 0 spiro atoms. The van der Waals surface area contributed by atoms with E-state index < -0.39 is 21.8 Å². The van der Waals surface area contributed by atoms with Gasteiger partial charge in [0.2, 0.25) is 0 Å². The molecule has 1 fully saturated rings. The van der Waals surface area contributed by atoms with Gasteiger partial charge in [0.15, 0.2) is 0 Å². The van der Waals surface area contributed by atoms with E-state index in [4.69, 9.17) is 0 Å². The van der Waals surface area contributed by atoms with E-state index in [-0.39, 0.29) is 0 Å². The summed E-state index contributed by atoms with van der Waals surface area (Å²) in [6.45, 7) is 0. The van der Waals surface area contributed by atoms with Gasteiger partial charge in [-0.15, -0.1) is 0 Å². The lowest BCUT2D eigenvalue weighted by Crippen LogP contribution is -2.26. The van der Waals surface area contributed by atoms with Crippen LogP contribution in [0.1, 0.15) is 32.1 Å². The van der Waals surface area contributed by atoms with Crippen molar-refractivity contribution in [2.24, 2.45) is 0 Å². The monoisotopic (exact) mass is 374 g/mol. The second kappa shape index (κ2) is 12.7. The Kier molecular flexibility index (Phi) is 15.0. The van der Waals surface area contributed by atoms with E-state index >= 15 is 0 Å². The van der Waals surface area contributed by atoms with Crippen LogP contribution in [-0.2, 0) is 0 Å². The first-order valence-corrected chi connectivity index (χ1v) is 6.22. The average Bonchev–Trinajstić information content (AvgIpc) is 2.23. The molecule has 0 bridgehead atoms. The summed E-state index contributed by atoms with van der Waals surface area (Å²) in [7, 11) is -15.9. The van der Waals surface area contributed by atoms with Crippen molar-refractivity contribution in [3.05, 3.63) is 0 Å². The molecule has 1 aliphatic rings. The molecule has 0 heterocycles. The van der Waals surface area contributed by atoms with Crippen LogP contribution >= 0.6 is 0 Å². The van der Waals surface area contributed by atoms with Gasteiger partial charge in [0.1, 0.15) is 0 Å². The SMILES string of the molecule is CNC1CCCCC1.F[B-](F)(F)F.F[B-](F)(F)F.F[B-](F)(F)F. The third-order valence-electron chi connectivity index (χ3n) is 2.01. The summed E-state index contributed by atoms with van der Waals surface area (Å²) in [6, 6.07) is 0.837. The Morgan fingerprint density at radius 1 is 0.565 bits per heavy atom. The van der Waals surface area contributed by atoms with E-state index in [2.05, 4.69) is 12.4 Å². The number of halogens is 12. The third-order valence-corrected chi connectivity index (χ3v) is 2.01. The first-order valence-electron chi connectivity index (χ1n) is 6.22. The molecular weight excluding hydrogens is 358 g/mol. The minimum absolute atomic E-state index is 0.837. The van der Waals surface area contributed by atoms with Gasteiger partial charge >= 0.3 is 21.8 Å². The largest absolute Gasteiger partial charge is 0.673 e. The topological polar surface area (TPSA) is 12.0 Å². The Balaban J connectivity index is -0.000000240. The fourth-order valence-electron chi connectivity index (χ4n) is 1.39. The molecule has 0 aromatic rings. The second-order valence-electron chi connectivity index (χ2n) is 4.11. The fraction of sp³-hybridized carbons (Fsp3) is 1.00. The molecule has 1 saturated carbocycles. The molecule has 144 valence electrons. The predicted octanol–water partition coefficient (Wildman–Crippen LogP) is 5.44. The molecule has 0 unspecified atom stereocenters. The summed E-state index contributed by atoms with van der Waals surface area (Å²) in [5.41, 5.74) is 0. The van der Waals surface area contributed by atoms with Crippen LogP contribution in [0.25, 0.3) is 0 Å². The van der Waals surface area contributed by atoms with Crippen molar-refractivity contribution in [1.29, 1.82) is 0 Å². The van der Waals surface area contributed by atoms with Crippen LogP contribution in [0.2, 0.25) is 0 Å². The highest BCUT2D eigenvalue weighted by Gasteiger charge is 2.21. The standard InChI is InChI=1S/C7H15N.3BF4/c1-8-7-5-3-2-4-6-7;3*2-1(3,4)5/h7-8H,2-6H2,1H3;;;/q;3*-1. The highest BCUT2D eigenvalue weighted by Crippen LogP contribution is 2.16. The van der Waals surface area contributed by atoms with Gasteiger partial charge in [0.25, 0.3) is 0 Å². The second-order valence-corrected chi connectivity index (χ2v) is 4.11. The molecule has 0 amide bonds. The number of hydrogen-bond acceptors (Lipinski definition) is 1. The summed E-state index contributed by atoms with van der Waals surface area (Å²) < 4.78 is 117. The van der Waals surface area contributed by atoms with Crippen LogP contribution < -0.4 is 5.32 Å². The van der Waals surface area contributed by atoms with Gasteiger partial charge in [0, 0.05) is 6.04 Å². The first kappa shape index (κ1) is 27.2. The summed E-state index contributed by atoms with van der Waals surface area (Å²) >= 11 is 0. The summed E-state index contributed by atoms with van der Waals surface area (Å²) in [6.07, 6.45) is 7.13. The van der Waals surface area contributed by atoms with E-state index in [0.717, 1.165) is 6.04 Å². The predicted molar refractivity (Wildman–Crippen MR) is 66.5 cm³/mol. The van der Waals surface area contributed by atoms with Gasteiger partial charge in [-0.1, -0.05) is 19.3 Å². The highest BCUT2D eigenvalue weighted by molar-refractivity contribution is 6.50. The number of rotatable bonds is 1. The lowest BCUT2D eigenvalue weighted by molar-refractivity contribution is 0.366. The van der Waals surface area contributed by atoms with Crippen LogP contribution in [0.15, 0.2) is 0 Å². The van der Waals surface area contributed by atoms with E-state index in [1.165, 1.54) is 32.1 Å². The zero-order chi connectivity index (χ0) is 19.3. The van der Waals surface area contributed by atoms with E-state index in [9.17, 15) is 51.8 Å². The third kappa shape index (κ3) is 91.6. The maximum Gasteiger partial charge on any atom is 0.673 e. The molecule has 0 aliphatic heterocycles. The van der Waals surface area contributed by atoms with E-state index in [0.29, 0.717) is 0 Å². The van der Waals surface area contributed by atoms with Gasteiger partial charge in [-0.3, -0.25) is 0 Å². The molecule has 0 saturated heterocycles. The van der Waals surface area contributed by atoms with Crippen molar-refractivity contribution in [2.45, 2.75) is 38.1 Å². The molecule has 16 heteroatoms. The number of hydrogen-bond donors (Lipinski definition) is 1. The molecule has 1 rings (SSSR count). The van der Waals surface area contributed by atoms with Gasteiger partial charge < -0.3 is 57.1 Å². The Hall–Kier alpha value is -0.685. The van der Waals surface area contributed by atoms with Gasteiger partial charge in [-0.2, -0.15) is 0 Å². The van der Waals surface area contributed by atoms with Crippen molar-refractivity contribution in [2.75, 3.05) is 7.05 Å². The minimum Gasteiger partial charge on any atom is -0.418 e. The molecule has 0 atom stereocenters. The summed E-state index contributed by atoms with van der Waals surface area (Å²) in [5.74, 6) is 0. The molecular formula is C7H15B3F12N-3. The summed E-state index contributed by atoms with van der Waals surface area (Å²) in [4.78, 5) is 0. The zero-order valence-electron chi connectivity index (χ0n) is 11.9. The van der Waals surface area contributed by atoms with Crippen LogP contribution in [0.4, 0.5) is 51.8 Å². The van der Waals surface area contributed by atoms with E-state index in [1.807, 2.05) is 0 Å². The van der Waals surface area contributed by atoms with Crippen LogP contribution in [0.3, 0.4) is 0 Å². The first-order chi connectivity index (χ1) is 9.93. The molecule has 23 heavy (non-hydrogen) atoms. The van der Waals surface area contributed by atoms with Crippen molar-refractivity contribution >= 4 is 21.8 Å². The van der Waals surface area contributed by atoms with Crippen LogP contribution in [0.5, 0.6) is 0 Å². The Labute approximate surface area is 125 Å². The Morgan fingerprint density at radius 2 is 0.783 bits per heavy atom. The molecule has 1 aliphatic carbocycles. The van der Waals surface area contributed by atoms with Crippen molar-refractivity contribution in [1.82, 2.24) is 5.32 Å². The van der Waals surface area contributed by atoms with E-state index in [1.54, 1.807) is 0 Å². The van der Waals surface area contributed by atoms with Crippen LogP contribution in [0, 0.1) is 0 Å². The molecule has 1 nitrogen and oxygen atoms in total. The number of nitrogens with one attached hydrogen (secondary N) is 1. The van der Waals surface area contributed by atoms with Crippen molar-refractivity contribution < 1.29 is 51.8 Å². The maximum atomic E-state index is 9.75. The minimum atomic E-state index is -6.00. The molecule has 1 N–H and O–H groups in total. The lowest BCUT2D eigenvalue weighted by atomic mass is 9.96. The Bertz CT molecular complexity index is 212. The highest BCUT2D eigenvalue weighted by atomic mass is 19.5. The quantitative estimate of drug-likeness (QED) is 0.477. The van der Waals surface area contributed by atoms with Gasteiger partial charge in [-0.05, 0) is 19.9 Å². The molecule has 0 aromatic heterocycles.